The molecule has 38 heavy (non-hydrogen) atoms. The first-order valence-electron chi connectivity index (χ1n) is 13.1. The molecule has 4 heterocycles. The molecule has 0 bridgehead atoms. The van der Waals surface area contributed by atoms with Gasteiger partial charge in [0.1, 0.15) is 12.2 Å². The first-order valence-corrected chi connectivity index (χ1v) is 13.9. The number of carbonyl (C=O) groups is 1. The number of halogens is 2. The topological polar surface area (TPSA) is 79.2 Å². The van der Waals surface area contributed by atoms with Crippen molar-refractivity contribution in [2.75, 3.05) is 31.1 Å². The van der Waals surface area contributed by atoms with Gasteiger partial charge in [-0.2, -0.15) is 0 Å². The van der Waals surface area contributed by atoms with Crippen molar-refractivity contribution in [2.45, 2.75) is 38.1 Å². The molecule has 2 aliphatic heterocycles. The minimum atomic E-state index is 0.0682. The van der Waals surface area contributed by atoms with Crippen LogP contribution in [0.1, 0.15) is 32.1 Å². The molecule has 0 spiro atoms. The van der Waals surface area contributed by atoms with Crippen LogP contribution in [0.4, 0.5) is 10.6 Å². The lowest BCUT2D eigenvalue weighted by molar-refractivity contribution is 0.180. The summed E-state index contributed by atoms with van der Waals surface area (Å²) < 4.78 is 2.00. The molecule has 1 N–H and O–H groups in total. The standard InChI is InChI=1S/C28H29Cl2N7O/c29-19-8-10-21(11-9-19)37-25(22-6-2-3-7-23(22)30)34-24-26(31-18-32-27(24)37)35-16-12-20(13-17-35)33-28(38)36-14-4-1-5-15-36/h2-3,6-11,18,20H,1,4-5,12-17H2,(H,33,38). The lowest BCUT2D eigenvalue weighted by Gasteiger charge is -2.35. The number of nitrogens with zero attached hydrogens (tertiary/aromatic N) is 6. The molecular weight excluding hydrogens is 521 g/mol. The summed E-state index contributed by atoms with van der Waals surface area (Å²) in [5.74, 6) is 1.48. The van der Waals surface area contributed by atoms with E-state index in [9.17, 15) is 4.79 Å². The number of aromatic nitrogens is 4. The van der Waals surface area contributed by atoms with E-state index < -0.39 is 0 Å². The molecule has 8 nitrogen and oxygen atoms in total. The van der Waals surface area contributed by atoms with Gasteiger partial charge in [0.05, 0.1) is 5.02 Å². The number of hydrogen-bond acceptors (Lipinski definition) is 5. The molecule has 4 aromatic rings. The highest BCUT2D eigenvalue weighted by molar-refractivity contribution is 6.33. The van der Waals surface area contributed by atoms with Crippen molar-refractivity contribution >= 4 is 46.2 Å². The largest absolute Gasteiger partial charge is 0.355 e. The van der Waals surface area contributed by atoms with Crippen molar-refractivity contribution in [1.29, 1.82) is 0 Å². The Hall–Kier alpha value is -3.36. The number of hydrogen-bond donors (Lipinski definition) is 1. The molecule has 0 saturated carbocycles. The van der Waals surface area contributed by atoms with Crippen LogP contribution >= 0.6 is 23.2 Å². The maximum absolute atomic E-state index is 12.7. The number of anilines is 1. The summed E-state index contributed by atoms with van der Waals surface area (Å²) in [7, 11) is 0. The average Bonchev–Trinajstić information content (AvgIpc) is 3.34. The smallest absolute Gasteiger partial charge is 0.317 e. The maximum atomic E-state index is 12.7. The van der Waals surface area contributed by atoms with Gasteiger partial charge in [-0.3, -0.25) is 4.57 Å². The van der Waals surface area contributed by atoms with E-state index in [2.05, 4.69) is 20.2 Å². The quantitative estimate of drug-likeness (QED) is 0.340. The van der Waals surface area contributed by atoms with E-state index in [0.717, 1.165) is 68.9 Å². The van der Waals surface area contributed by atoms with Crippen LogP contribution in [0, 0.1) is 0 Å². The van der Waals surface area contributed by atoms with Gasteiger partial charge in [-0.25, -0.2) is 19.7 Å². The molecule has 2 amide bonds. The number of benzene rings is 2. The first kappa shape index (κ1) is 24.9. The molecule has 0 unspecified atom stereocenters. The van der Waals surface area contributed by atoms with E-state index in [1.54, 1.807) is 6.33 Å². The molecule has 2 aliphatic rings. The van der Waals surface area contributed by atoms with Crippen molar-refractivity contribution in [3.63, 3.8) is 0 Å². The van der Waals surface area contributed by atoms with Gasteiger partial charge >= 0.3 is 6.03 Å². The van der Waals surface area contributed by atoms with Gasteiger partial charge in [0.2, 0.25) is 0 Å². The summed E-state index contributed by atoms with van der Waals surface area (Å²) in [5.41, 5.74) is 3.11. The molecule has 0 atom stereocenters. The molecule has 196 valence electrons. The zero-order valence-electron chi connectivity index (χ0n) is 21.0. The molecular formula is C28H29Cl2N7O. The molecule has 2 aromatic carbocycles. The van der Waals surface area contributed by atoms with Crippen LogP contribution in [-0.4, -0.2) is 62.7 Å². The van der Waals surface area contributed by atoms with Gasteiger partial charge in [0.15, 0.2) is 17.0 Å². The second-order valence-electron chi connectivity index (χ2n) is 9.86. The lowest BCUT2D eigenvalue weighted by Crippen LogP contribution is -2.50. The SMILES string of the molecule is O=C(NC1CCN(c2ncnc3c2nc(-c2ccccc2Cl)n3-c2ccc(Cl)cc2)CC1)N1CCCCC1. The van der Waals surface area contributed by atoms with Crippen LogP contribution in [0.15, 0.2) is 54.9 Å². The summed E-state index contributed by atoms with van der Waals surface area (Å²) >= 11 is 12.8. The van der Waals surface area contributed by atoms with E-state index in [0.29, 0.717) is 27.0 Å². The molecule has 2 aromatic heterocycles. The third-order valence-electron chi connectivity index (χ3n) is 7.39. The molecule has 6 rings (SSSR count). The summed E-state index contributed by atoms with van der Waals surface area (Å²) in [6.07, 6.45) is 6.68. The van der Waals surface area contributed by atoms with Gasteiger partial charge in [-0.1, -0.05) is 35.3 Å². The number of rotatable bonds is 4. The predicted octanol–water partition coefficient (Wildman–Crippen LogP) is 5.95. The highest BCUT2D eigenvalue weighted by atomic mass is 35.5. The minimum Gasteiger partial charge on any atom is -0.355 e. The Bertz CT molecular complexity index is 1440. The van der Waals surface area contributed by atoms with Crippen LogP contribution in [0.5, 0.6) is 0 Å². The van der Waals surface area contributed by atoms with E-state index in [4.69, 9.17) is 28.2 Å². The van der Waals surface area contributed by atoms with Crippen LogP contribution in [0.25, 0.3) is 28.2 Å². The average molecular weight is 550 g/mol. The van der Waals surface area contributed by atoms with Crippen molar-refractivity contribution in [3.8, 4) is 17.1 Å². The predicted molar refractivity (Wildman–Crippen MR) is 151 cm³/mol. The highest BCUT2D eigenvalue weighted by Gasteiger charge is 2.27. The van der Waals surface area contributed by atoms with E-state index in [1.165, 1.54) is 6.42 Å². The molecule has 0 radical (unpaired) electrons. The monoisotopic (exact) mass is 549 g/mol. The van der Waals surface area contributed by atoms with Crippen molar-refractivity contribution in [2.24, 2.45) is 0 Å². The first-order chi connectivity index (χ1) is 18.6. The van der Waals surface area contributed by atoms with Crippen LogP contribution in [-0.2, 0) is 0 Å². The summed E-state index contributed by atoms with van der Waals surface area (Å²) in [6.45, 7) is 3.25. The zero-order chi connectivity index (χ0) is 26.1. The summed E-state index contributed by atoms with van der Waals surface area (Å²) in [4.78, 5) is 31.2. The van der Waals surface area contributed by atoms with Gasteiger partial charge in [0, 0.05) is 48.5 Å². The number of likely N-dealkylation sites (tertiary alicyclic amines) is 1. The van der Waals surface area contributed by atoms with Crippen molar-refractivity contribution in [3.05, 3.63) is 64.9 Å². The highest BCUT2D eigenvalue weighted by Crippen LogP contribution is 2.35. The Morgan fingerprint density at radius 3 is 2.37 bits per heavy atom. The maximum Gasteiger partial charge on any atom is 0.317 e. The fourth-order valence-corrected chi connectivity index (χ4v) is 5.71. The van der Waals surface area contributed by atoms with E-state index >= 15 is 0 Å². The zero-order valence-corrected chi connectivity index (χ0v) is 22.5. The second kappa shape index (κ2) is 10.8. The Labute approximate surface area is 231 Å². The number of imidazole rings is 1. The Kier molecular flexibility index (Phi) is 7.08. The van der Waals surface area contributed by atoms with Gasteiger partial charge in [0.25, 0.3) is 0 Å². The number of piperidine rings is 2. The van der Waals surface area contributed by atoms with Crippen molar-refractivity contribution < 1.29 is 4.79 Å². The lowest BCUT2D eigenvalue weighted by atomic mass is 10.0. The third kappa shape index (κ3) is 4.90. The third-order valence-corrected chi connectivity index (χ3v) is 7.97. The number of fused-ring (bicyclic) bond motifs is 1. The molecule has 2 fully saturated rings. The normalized spacial score (nSPS) is 16.7. The van der Waals surface area contributed by atoms with Crippen molar-refractivity contribution in [1.82, 2.24) is 29.7 Å². The molecule has 0 aliphatic carbocycles. The second-order valence-corrected chi connectivity index (χ2v) is 10.7. The summed E-state index contributed by atoms with van der Waals surface area (Å²) in [6, 6.07) is 15.5. The van der Waals surface area contributed by atoms with Gasteiger partial charge in [-0.05, 0) is 68.5 Å². The Balaban J connectivity index is 1.30. The molecule has 2 saturated heterocycles. The van der Waals surface area contributed by atoms with E-state index in [1.807, 2.05) is 58.0 Å². The van der Waals surface area contributed by atoms with E-state index in [-0.39, 0.29) is 12.1 Å². The van der Waals surface area contributed by atoms with Gasteiger partial charge < -0.3 is 15.1 Å². The minimum absolute atomic E-state index is 0.0682. The Morgan fingerprint density at radius 2 is 1.63 bits per heavy atom. The fourth-order valence-electron chi connectivity index (χ4n) is 5.37. The number of urea groups is 1. The van der Waals surface area contributed by atoms with Crippen LogP contribution in [0.3, 0.4) is 0 Å². The number of carbonyl (C=O) groups excluding carboxylic acids is 1. The molecule has 10 heteroatoms. The van der Waals surface area contributed by atoms with Gasteiger partial charge in [-0.15, -0.1) is 0 Å². The number of amides is 2. The summed E-state index contributed by atoms with van der Waals surface area (Å²) in [5, 5.41) is 4.51. The number of nitrogens with one attached hydrogen (secondary N) is 1. The van der Waals surface area contributed by atoms with Crippen LogP contribution < -0.4 is 10.2 Å². The fraction of sp³-hybridized carbons (Fsp3) is 0.357. The Morgan fingerprint density at radius 1 is 0.895 bits per heavy atom. The van der Waals surface area contributed by atoms with Crippen LogP contribution in [0.2, 0.25) is 10.0 Å².